The summed E-state index contributed by atoms with van der Waals surface area (Å²) in [5, 5.41) is 3.14. The highest BCUT2D eigenvalue weighted by Crippen LogP contribution is 2.28. The van der Waals surface area contributed by atoms with Gasteiger partial charge in [0.2, 0.25) is 11.8 Å². The van der Waals surface area contributed by atoms with Crippen molar-refractivity contribution in [2.75, 3.05) is 16.8 Å². The van der Waals surface area contributed by atoms with Gasteiger partial charge in [0.15, 0.2) is 10.9 Å². The maximum absolute atomic E-state index is 12.5. The number of rotatable bonds is 4. The first-order valence-electron chi connectivity index (χ1n) is 8.01. The number of ketones is 1. The lowest BCUT2D eigenvalue weighted by atomic mass is 10.1. The number of hydrogen-bond donors (Lipinski definition) is 1. The molecule has 130 valence electrons. The summed E-state index contributed by atoms with van der Waals surface area (Å²) in [5.41, 5.74) is 2.52. The van der Waals surface area contributed by atoms with Crippen molar-refractivity contribution in [1.29, 1.82) is 0 Å². The second-order valence-electron chi connectivity index (χ2n) is 6.22. The molecule has 7 heteroatoms. The van der Waals surface area contributed by atoms with Gasteiger partial charge in [0.1, 0.15) is 0 Å². The molecule has 0 spiro atoms. The average Bonchev–Trinajstić information content (AvgIpc) is 3.11. The fourth-order valence-corrected chi connectivity index (χ4v) is 3.71. The summed E-state index contributed by atoms with van der Waals surface area (Å²) in [5.74, 6) is -0.813. The monoisotopic (exact) mass is 357 g/mol. The van der Waals surface area contributed by atoms with Crippen LogP contribution in [0.2, 0.25) is 0 Å². The first-order valence-corrected chi connectivity index (χ1v) is 8.83. The van der Waals surface area contributed by atoms with Crippen molar-refractivity contribution in [3.8, 4) is 0 Å². The number of benzene rings is 1. The average molecular weight is 357 g/mol. The van der Waals surface area contributed by atoms with Gasteiger partial charge in [-0.3, -0.25) is 14.4 Å². The molecule has 1 N–H and O–H groups in total. The van der Waals surface area contributed by atoms with Crippen LogP contribution in [0.1, 0.15) is 34.3 Å². The number of hydrogen-bond acceptors (Lipinski definition) is 5. The van der Waals surface area contributed by atoms with Gasteiger partial charge in [0, 0.05) is 25.6 Å². The van der Waals surface area contributed by atoms with Crippen molar-refractivity contribution in [2.24, 2.45) is 5.92 Å². The smallest absolute Gasteiger partial charge is 0.231 e. The third-order valence-corrected chi connectivity index (χ3v) is 5.36. The number of nitrogens with zero attached hydrogens (tertiary/aromatic N) is 2. The van der Waals surface area contributed by atoms with Crippen molar-refractivity contribution in [1.82, 2.24) is 4.98 Å². The molecular weight excluding hydrogens is 338 g/mol. The van der Waals surface area contributed by atoms with Gasteiger partial charge < -0.3 is 10.2 Å². The Balaban J connectivity index is 1.69. The first kappa shape index (κ1) is 17.3. The predicted molar refractivity (Wildman–Crippen MR) is 97.1 cm³/mol. The number of aryl methyl sites for hydroxylation is 2. The minimum Gasteiger partial charge on any atom is -0.312 e. The molecule has 2 amide bonds. The van der Waals surface area contributed by atoms with E-state index < -0.39 is 5.92 Å². The van der Waals surface area contributed by atoms with Gasteiger partial charge in [0.05, 0.1) is 16.5 Å². The summed E-state index contributed by atoms with van der Waals surface area (Å²) in [4.78, 5) is 42.6. The number of amides is 2. The van der Waals surface area contributed by atoms with Crippen molar-refractivity contribution >= 4 is 39.8 Å². The molecule has 25 heavy (non-hydrogen) atoms. The van der Waals surface area contributed by atoms with E-state index in [1.807, 2.05) is 31.2 Å². The molecule has 6 nitrogen and oxygen atoms in total. The lowest BCUT2D eigenvalue weighted by Gasteiger charge is -2.16. The Bertz CT molecular complexity index is 842. The van der Waals surface area contributed by atoms with Crippen molar-refractivity contribution in [3.05, 3.63) is 40.4 Å². The van der Waals surface area contributed by atoms with Crippen LogP contribution < -0.4 is 10.2 Å². The molecule has 3 rings (SSSR count). The van der Waals surface area contributed by atoms with E-state index in [2.05, 4.69) is 10.3 Å². The van der Waals surface area contributed by atoms with Crippen LogP contribution in [0.4, 0.5) is 10.8 Å². The summed E-state index contributed by atoms with van der Waals surface area (Å²) in [6.07, 6.45) is 0.170. The zero-order valence-electron chi connectivity index (χ0n) is 14.3. The van der Waals surface area contributed by atoms with Gasteiger partial charge in [-0.05, 0) is 26.0 Å². The van der Waals surface area contributed by atoms with Crippen LogP contribution in [-0.4, -0.2) is 29.1 Å². The fraction of sp³-hybridized carbons (Fsp3) is 0.333. The summed E-state index contributed by atoms with van der Waals surface area (Å²) < 4.78 is 0. The van der Waals surface area contributed by atoms with Crippen LogP contribution >= 0.6 is 11.3 Å². The fourth-order valence-electron chi connectivity index (χ4n) is 2.84. The number of nitrogens with one attached hydrogen (secondary N) is 1. The largest absolute Gasteiger partial charge is 0.312 e. The number of carbonyl (C=O) groups excluding carboxylic acids is 3. The van der Waals surface area contributed by atoms with E-state index in [0.717, 1.165) is 22.6 Å². The molecule has 0 saturated carbocycles. The first-order chi connectivity index (χ1) is 11.8. The molecule has 1 atom stereocenters. The Morgan fingerprint density at radius 1 is 1.24 bits per heavy atom. The SMILES string of the molecule is CC(=O)c1sc(NC(=O)C2CC(=O)N(c3ccc(C)cc3)C2)nc1C. The topological polar surface area (TPSA) is 79.4 Å². The zero-order chi connectivity index (χ0) is 18.1. The standard InChI is InChI=1S/C18H19N3O3S/c1-10-4-6-14(7-5-10)21-9-13(8-15(21)23)17(24)20-18-19-11(2)16(25-18)12(3)22/h4-7,13H,8-9H2,1-3H3,(H,19,20,24). The van der Waals surface area contributed by atoms with Gasteiger partial charge in [-0.15, -0.1) is 0 Å². The van der Waals surface area contributed by atoms with Gasteiger partial charge in [-0.25, -0.2) is 4.98 Å². The molecule has 1 aliphatic rings. The van der Waals surface area contributed by atoms with Crippen molar-refractivity contribution in [2.45, 2.75) is 27.2 Å². The molecular formula is C18H19N3O3S. The quantitative estimate of drug-likeness (QED) is 0.853. The van der Waals surface area contributed by atoms with Crippen molar-refractivity contribution < 1.29 is 14.4 Å². The van der Waals surface area contributed by atoms with E-state index in [1.54, 1.807) is 11.8 Å². The normalized spacial score (nSPS) is 17.0. The van der Waals surface area contributed by atoms with Crippen LogP contribution in [-0.2, 0) is 9.59 Å². The van der Waals surface area contributed by atoms with E-state index in [0.29, 0.717) is 22.2 Å². The number of aromatic nitrogens is 1. The van der Waals surface area contributed by atoms with E-state index in [-0.39, 0.29) is 24.0 Å². The van der Waals surface area contributed by atoms with E-state index in [9.17, 15) is 14.4 Å². The maximum Gasteiger partial charge on any atom is 0.231 e. The molecule has 2 aromatic rings. The highest BCUT2D eigenvalue weighted by Gasteiger charge is 2.35. The minimum absolute atomic E-state index is 0.0660. The molecule has 1 aromatic carbocycles. The third-order valence-electron chi connectivity index (χ3n) is 4.19. The summed E-state index contributed by atoms with van der Waals surface area (Å²) in [6.45, 7) is 5.54. The van der Waals surface area contributed by atoms with Crippen molar-refractivity contribution in [3.63, 3.8) is 0 Å². The molecule has 1 fully saturated rings. The second kappa shape index (κ2) is 6.76. The molecule has 1 aromatic heterocycles. The van der Waals surface area contributed by atoms with Gasteiger partial charge in [-0.2, -0.15) is 0 Å². The Hall–Kier alpha value is -2.54. The van der Waals surface area contributed by atoms with Crippen LogP contribution in [0, 0.1) is 19.8 Å². The van der Waals surface area contributed by atoms with Gasteiger partial charge >= 0.3 is 0 Å². The molecule has 2 heterocycles. The third kappa shape index (κ3) is 3.61. The number of thiazole rings is 1. The summed E-state index contributed by atoms with van der Waals surface area (Å²) in [7, 11) is 0. The lowest BCUT2D eigenvalue weighted by molar-refractivity contribution is -0.122. The van der Waals surface area contributed by atoms with E-state index >= 15 is 0 Å². The molecule has 0 aliphatic carbocycles. The Morgan fingerprint density at radius 2 is 1.92 bits per heavy atom. The summed E-state index contributed by atoms with van der Waals surface area (Å²) in [6, 6.07) is 7.66. The van der Waals surface area contributed by atoms with E-state index in [1.165, 1.54) is 6.92 Å². The Morgan fingerprint density at radius 3 is 2.52 bits per heavy atom. The molecule has 1 aliphatic heterocycles. The maximum atomic E-state index is 12.5. The number of anilines is 2. The highest BCUT2D eigenvalue weighted by atomic mass is 32.1. The van der Waals surface area contributed by atoms with Crippen LogP contribution in [0.5, 0.6) is 0 Å². The molecule has 0 radical (unpaired) electrons. The lowest BCUT2D eigenvalue weighted by Crippen LogP contribution is -2.28. The van der Waals surface area contributed by atoms with Gasteiger partial charge in [0.25, 0.3) is 0 Å². The Kier molecular flexibility index (Phi) is 4.67. The number of Topliss-reactive ketones (excluding diaryl/α,β-unsaturated/α-hetero) is 1. The van der Waals surface area contributed by atoms with E-state index in [4.69, 9.17) is 0 Å². The predicted octanol–water partition coefficient (Wildman–Crippen LogP) is 2.95. The minimum atomic E-state index is -0.432. The molecule has 1 unspecified atom stereocenters. The van der Waals surface area contributed by atoms with Gasteiger partial charge in [-0.1, -0.05) is 29.0 Å². The summed E-state index contributed by atoms with van der Waals surface area (Å²) >= 11 is 1.16. The van der Waals surface area contributed by atoms with Crippen LogP contribution in [0.3, 0.4) is 0 Å². The second-order valence-corrected chi connectivity index (χ2v) is 7.22. The zero-order valence-corrected chi connectivity index (χ0v) is 15.1. The Labute approximate surface area is 149 Å². The van der Waals surface area contributed by atoms with Crippen LogP contribution in [0.25, 0.3) is 0 Å². The van der Waals surface area contributed by atoms with Crippen LogP contribution in [0.15, 0.2) is 24.3 Å². The molecule has 1 saturated heterocycles. The number of carbonyl (C=O) groups is 3. The molecule has 0 bridgehead atoms. The highest BCUT2D eigenvalue weighted by molar-refractivity contribution is 7.17.